The van der Waals surface area contributed by atoms with Crippen LogP contribution < -0.4 is 0 Å². The Labute approximate surface area is 78.8 Å². The second-order valence-corrected chi connectivity index (χ2v) is 3.78. The van der Waals surface area contributed by atoms with Crippen molar-refractivity contribution in [2.75, 3.05) is 0 Å². The van der Waals surface area contributed by atoms with Crippen LogP contribution in [0.4, 0.5) is 0 Å². The monoisotopic (exact) mass is 180 g/mol. The number of ketones is 1. The average Bonchev–Trinajstić information content (AvgIpc) is 2.34. The zero-order valence-corrected chi connectivity index (χ0v) is 8.45. The molecule has 0 aliphatic carbocycles. The zero-order chi connectivity index (χ0) is 9.84. The smallest absolute Gasteiger partial charge is 0.135 e. The fourth-order valence-corrected chi connectivity index (χ4v) is 1.28. The molecule has 0 unspecified atom stereocenters. The lowest BCUT2D eigenvalue weighted by Crippen LogP contribution is -2.11. The molecule has 1 aromatic heterocycles. The molecule has 0 spiro atoms. The number of nitrogens with zero attached hydrogens (tertiary/aromatic N) is 2. The molecule has 0 saturated heterocycles. The Bertz CT molecular complexity index is 289. The number of carbonyl (C=O) groups excluding carboxylic acids is 1. The highest BCUT2D eigenvalue weighted by atomic mass is 16.1. The Morgan fingerprint density at radius 1 is 1.62 bits per heavy atom. The number of hydrogen-bond donors (Lipinski definition) is 0. The van der Waals surface area contributed by atoms with Gasteiger partial charge in [0.05, 0.1) is 0 Å². The average molecular weight is 180 g/mol. The zero-order valence-electron chi connectivity index (χ0n) is 8.45. The summed E-state index contributed by atoms with van der Waals surface area (Å²) in [4.78, 5) is 10.9. The van der Waals surface area contributed by atoms with Crippen molar-refractivity contribution in [1.82, 2.24) is 9.78 Å². The lowest BCUT2D eigenvalue weighted by atomic mass is 10.2. The molecule has 1 heterocycles. The first kappa shape index (κ1) is 9.96. The molecule has 0 amide bonds. The minimum absolute atomic E-state index is 0.186. The van der Waals surface area contributed by atoms with Crippen molar-refractivity contribution in [2.24, 2.45) is 5.92 Å². The van der Waals surface area contributed by atoms with Crippen LogP contribution in [0.5, 0.6) is 0 Å². The summed E-state index contributed by atoms with van der Waals surface area (Å²) in [6.45, 7) is 6.76. The van der Waals surface area contributed by atoms with Crippen LogP contribution in [0.3, 0.4) is 0 Å². The number of rotatable bonds is 4. The molecule has 0 fully saturated rings. The van der Waals surface area contributed by atoms with Gasteiger partial charge in [-0.05, 0) is 18.9 Å². The van der Waals surface area contributed by atoms with E-state index in [1.807, 2.05) is 10.7 Å². The molecule has 0 aliphatic rings. The first-order chi connectivity index (χ1) is 6.09. The van der Waals surface area contributed by atoms with Crippen LogP contribution in [0.25, 0.3) is 0 Å². The molecule has 0 N–H and O–H groups in total. The van der Waals surface area contributed by atoms with E-state index in [9.17, 15) is 4.79 Å². The van der Waals surface area contributed by atoms with Crippen molar-refractivity contribution in [3.05, 3.63) is 18.0 Å². The summed E-state index contributed by atoms with van der Waals surface area (Å²) in [7, 11) is 0. The molecular formula is C10H16N2O. The normalized spacial score (nSPS) is 10.8. The predicted octanol–water partition coefficient (Wildman–Crippen LogP) is 1.67. The Kier molecular flexibility index (Phi) is 3.23. The maximum absolute atomic E-state index is 10.9. The van der Waals surface area contributed by atoms with Gasteiger partial charge in [-0.15, -0.1) is 0 Å². The first-order valence-corrected chi connectivity index (χ1v) is 4.59. The second kappa shape index (κ2) is 4.21. The molecule has 72 valence electrons. The van der Waals surface area contributed by atoms with Crippen molar-refractivity contribution in [1.29, 1.82) is 0 Å². The van der Waals surface area contributed by atoms with E-state index in [2.05, 4.69) is 18.9 Å². The summed E-state index contributed by atoms with van der Waals surface area (Å²) >= 11 is 0. The van der Waals surface area contributed by atoms with Crippen molar-refractivity contribution in [2.45, 2.75) is 33.7 Å². The Morgan fingerprint density at radius 3 is 2.85 bits per heavy atom. The summed E-state index contributed by atoms with van der Waals surface area (Å²) < 4.78 is 1.91. The third kappa shape index (κ3) is 3.01. The molecule has 1 aromatic rings. The van der Waals surface area contributed by atoms with E-state index in [-0.39, 0.29) is 5.78 Å². The molecule has 0 aliphatic heterocycles. The SMILES string of the molecule is CC(=O)Cc1ccnn1CC(C)C. The largest absolute Gasteiger partial charge is 0.300 e. The summed E-state index contributed by atoms with van der Waals surface area (Å²) in [5.74, 6) is 0.746. The quantitative estimate of drug-likeness (QED) is 0.706. The molecule has 3 heteroatoms. The Balaban J connectivity index is 2.71. The molecule has 0 atom stereocenters. The van der Waals surface area contributed by atoms with Crippen molar-refractivity contribution >= 4 is 5.78 Å². The highest BCUT2D eigenvalue weighted by Crippen LogP contribution is 2.04. The maximum atomic E-state index is 10.9. The second-order valence-electron chi connectivity index (χ2n) is 3.78. The van der Waals surface area contributed by atoms with E-state index in [1.165, 1.54) is 0 Å². The molecule has 0 bridgehead atoms. The lowest BCUT2D eigenvalue weighted by Gasteiger charge is -2.08. The standard InChI is InChI=1S/C10H16N2O/c1-8(2)7-12-10(4-5-11-12)6-9(3)13/h4-5,8H,6-7H2,1-3H3. The van der Waals surface area contributed by atoms with Crippen LogP contribution >= 0.6 is 0 Å². The summed E-state index contributed by atoms with van der Waals surface area (Å²) in [6.07, 6.45) is 2.24. The lowest BCUT2D eigenvalue weighted by molar-refractivity contribution is -0.116. The van der Waals surface area contributed by atoms with E-state index in [0.29, 0.717) is 12.3 Å². The van der Waals surface area contributed by atoms with Crippen LogP contribution in [0, 0.1) is 5.92 Å². The van der Waals surface area contributed by atoms with E-state index >= 15 is 0 Å². The number of aromatic nitrogens is 2. The van der Waals surface area contributed by atoms with Gasteiger partial charge in [0, 0.05) is 24.9 Å². The van der Waals surface area contributed by atoms with Gasteiger partial charge in [-0.1, -0.05) is 13.8 Å². The van der Waals surface area contributed by atoms with Crippen LogP contribution in [0.2, 0.25) is 0 Å². The van der Waals surface area contributed by atoms with Gasteiger partial charge in [0.25, 0.3) is 0 Å². The van der Waals surface area contributed by atoms with E-state index in [4.69, 9.17) is 0 Å². The van der Waals surface area contributed by atoms with Gasteiger partial charge >= 0.3 is 0 Å². The minimum atomic E-state index is 0.186. The summed E-state index contributed by atoms with van der Waals surface area (Å²) in [5.41, 5.74) is 1.02. The summed E-state index contributed by atoms with van der Waals surface area (Å²) in [6, 6.07) is 1.91. The highest BCUT2D eigenvalue weighted by Gasteiger charge is 2.05. The van der Waals surface area contributed by atoms with Crippen LogP contribution in [-0.2, 0) is 17.8 Å². The van der Waals surface area contributed by atoms with Crippen LogP contribution in [-0.4, -0.2) is 15.6 Å². The van der Waals surface area contributed by atoms with Gasteiger partial charge in [0.1, 0.15) is 5.78 Å². The first-order valence-electron chi connectivity index (χ1n) is 4.59. The molecule has 0 saturated carbocycles. The van der Waals surface area contributed by atoms with Crippen LogP contribution in [0.15, 0.2) is 12.3 Å². The molecule has 1 rings (SSSR count). The van der Waals surface area contributed by atoms with Crippen molar-refractivity contribution in [3.8, 4) is 0 Å². The molecular weight excluding hydrogens is 164 g/mol. The fraction of sp³-hybridized carbons (Fsp3) is 0.600. The highest BCUT2D eigenvalue weighted by molar-refractivity contribution is 5.77. The molecule has 0 radical (unpaired) electrons. The van der Waals surface area contributed by atoms with Gasteiger partial charge < -0.3 is 0 Å². The molecule has 0 aromatic carbocycles. The third-order valence-corrected chi connectivity index (χ3v) is 1.77. The van der Waals surface area contributed by atoms with Gasteiger partial charge in [0.2, 0.25) is 0 Å². The van der Waals surface area contributed by atoms with Crippen LogP contribution in [0.1, 0.15) is 26.5 Å². The summed E-state index contributed by atoms with van der Waals surface area (Å²) in [5, 5.41) is 4.17. The third-order valence-electron chi connectivity index (χ3n) is 1.77. The van der Waals surface area contributed by atoms with E-state index in [0.717, 1.165) is 12.2 Å². The minimum Gasteiger partial charge on any atom is -0.300 e. The molecule has 3 nitrogen and oxygen atoms in total. The molecule has 13 heavy (non-hydrogen) atoms. The van der Waals surface area contributed by atoms with Gasteiger partial charge in [-0.25, -0.2) is 0 Å². The van der Waals surface area contributed by atoms with E-state index < -0.39 is 0 Å². The number of Topliss-reactive ketones (excluding diaryl/α,β-unsaturated/α-hetero) is 1. The topological polar surface area (TPSA) is 34.9 Å². The maximum Gasteiger partial charge on any atom is 0.135 e. The van der Waals surface area contributed by atoms with Gasteiger partial charge in [0.15, 0.2) is 0 Å². The number of carbonyl (C=O) groups is 1. The van der Waals surface area contributed by atoms with E-state index in [1.54, 1.807) is 13.1 Å². The van der Waals surface area contributed by atoms with Gasteiger partial charge in [-0.3, -0.25) is 9.48 Å². The Morgan fingerprint density at radius 2 is 2.31 bits per heavy atom. The fourth-order valence-electron chi connectivity index (χ4n) is 1.28. The van der Waals surface area contributed by atoms with Crippen molar-refractivity contribution in [3.63, 3.8) is 0 Å². The predicted molar refractivity (Wildman–Crippen MR) is 51.5 cm³/mol. The number of hydrogen-bond acceptors (Lipinski definition) is 2. The van der Waals surface area contributed by atoms with Crippen molar-refractivity contribution < 1.29 is 4.79 Å². The van der Waals surface area contributed by atoms with Gasteiger partial charge in [-0.2, -0.15) is 5.10 Å². The Hall–Kier alpha value is -1.12.